The first-order valence-corrected chi connectivity index (χ1v) is 18.6. The van der Waals surface area contributed by atoms with Crippen LogP contribution < -0.4 is 40.8 Å². The number of fused-ring (bicyclic) bond motifs is 2. The van der Waals surface area contributed by atoms with Gasteiger partial charge in [0, 0.05) is 73.2 Å². The van der Waals surface area contributed by atoms with E-state index < -0.39 is 29.9 Å². The van der Waals surface area contributed by atoms with Crippen LogP contribution in [-0.2, 0) is 31.9 Å². The molecule has 57 heavy (non-hydrogen) atoms. The van der Waals surface area contributed by atoms with Crippen molar-refractivity contribution in [3.8, 4) is 22.3 Å². The molecule has 2 heterocycles. The number of nitrogens with zero attached hydrogens (tertiary/aromatic N) is 2. The molecule has 5 aromatic rings. The van der Waals surface area contributed by atoms with E-state index in [9.17, 15) is 24.3 Å². The maximum atomic E-state index is 12.8. The van der Waals surface area contributed by atoms with E-state index in [0.29, 0.717) is 56.9 Å². The number of Topliss-reactive ketones (excluding diaryl/α,β-unsaturated/α-hetero) is 1. The number of benzene rings is 3. The first-order chi connectivity index (χ1) is 26.9. The zero-order chi connectivity index (χ0) is 39.9. The largest absolute Gasteiger partial charge is 1.00 e. The van der Waals surface area contributed by atoms with Crippen molar-refractivity contribution >= 4 is 64.1 Å². The molecule has 12 nitrogen and oxygen atoms in total. The Morgan fingerprint density at radius 3 is 1.79 bits per heavy atom. The van der Waals surface area contributed by atoms with Gasteiger partial charge >= 0.3 is 30.9 Å². The van der Waals surface area contributed by atoms with Crippen LogP contribution in [0.2, 0.25) is 10.0 Å². The first kappa shape index (κ1) is 42.8. The number of hydrogen-bond acceptors (Lipinski definition) is 11. The number of carboxylic acid groups (broad SMARTS) is 1. The molecule has 15 heteroatoms. The summed E-state index contributed by atoms with van der Waals surface area (Å²) >= 11 is 12.1. The molecule has 0 saturated heterocycles. The number of esters is 1. The standard InChI is InChI=1S/C26H24ClN3O5.C16H15ClN2O2.Li/c1-34-26(33)30-19-8-5-15(6-9-19)23(31)14-35-25(32)20-4-2-3-16-11-17(13-29-24(16)20)21-12-18(27)7-10-22(21)28;17-11-4-5-14(18)13(7-11)10-6-9-2-1-3-12(16(20)21)15(9)19-8-10;/h5-13,20H,2-4,14,28H2,1H3,(H,30,33);4-8,12H,1-3,18H2,(H,20,21);/q;;+1/p-1. The summed E-state index contributed by atoms with van der Waals surface area (Å²) in [5.74, 6) is -3.04. The van der Waals surface area contributed by atoms with E-state index in [2.05, 4.69) is 20.0 Å². The minimum Gasteiger partial charge on any atom is -0.549 e. The molecule has 2 atom stereocenters. The number of nitrogen functional groups attached to an aromatic ring is 2. The molecule has 0 radical (unpaired) electrons. The minimum atomic E-state index is -1.06. The number of carbonyl (C=O) groups excluding carboxylic acids is 4. The zero-order valence-electron chi connectivity index (χ0n) is 31.4. The minimum absolute atomic E-state index is 0. The number of aliphatic carboxylic acids is 1. The van der Waals surface area contributed by atoms with Gasteiger partial charge in [0.2, 0.25) is 0 Å². The molecule has 3 aromatic carbocycles. The van der Waals surface area contributed by atoms with Gasteiger partial charge in [-0.1, -0.05) is 23.2 Å². The smallest absolute Gasteiger partial charge is 0.549 e. The van der Waals surface area contributed by atoms with Crippen molar-refractivity contribution in [2.24, 2.45) is 0 Å². The maximum absolute atomic E-state index is 12.8. The summed E-state index contributed by atoms with van der Waals surface area (Å²) in [6.45, 7) is -0.383. The Balaban J connectivity index is 0.000000241. The Morgan fingerprint density at radius 1 is 0.772 bits per heavy atom. The Hall–Kier alpha value is -5.38. The van der Waals surface area contributed by atoms with Crippen LogP contribution in [0.3, 0.4) is 0 Å². The normalized spacial score (nSPS) is 15.3. The molecule has 2 aromatic heterocycles. The van der Waals surface area contributed by atoms with Crippen LogP contribution in [0.25, 0.3) is 22.3 Å². The Morgan fingerprint density at radius 2 is 1.28 bits per heavy atom. The van der Waals surface area contributed by atoms with Crippen molar-refractivity contribution in [3.63, 3.8) is 0 Å². The van der Waals surface area contributed by atoms with Gasteiger partial charge in [-0.25, -0.2) is 4.79 Å². The summed E-state index contributed by atoms with van der Waals surface area (Å²) in [5, 5.41) is 14.9. The molecule has 1 amide bonds. The van der Waals surface area contributed by atoms with Crippen molar-refractivity contribution in [1.82, 2.24) is 9.97 Å². The number of carboxylic acids is 1. The number of pyridine rings is 2. The monoisotopic (exact) mass is 801 g/mol. The average Bonchev–Trinajstić information content (AvgIpc) is 3.21. The van der Waals surface area contributed by atoms with Gasteiger partial charge in [0.05, 0.1) is 30.4 Å². The van der Waals surface area contributed by atoms with Crippen LogP contribution >= 0.6 is 23.2 Å². The summed E-state index contributed by atoms with van der Waals surface area (Å²) < 4.78 is 9.89. The molecular formula is C42H38Cl2LiN5O7. The number of ether oxygens (including phenoxy) is 2. The predicted octanol–water partition coefficient (Wildman–Crippen LogP) is 4.17. The molecule has 0 saturated carbocycles. The maximum Gasteiger partial charge on any atom is 1.00 e. The number of rotatable bonds is 8. The molecule has 7 rings (SSSR count). The van der Waals surface area contributed by atoms with Gasteiger partial charge in [-0.2, -0.15) is 0 Å². The second-order valence-corrected chi connectivity index (χ2v) is 14.3. The van der Waals surface area contributed by atoms with Crippen molar-refractivity contribution < 1.29 is 52.6 Å². The molecule has 5 N–H and O–H groups in total. The van der Waals surface area contributed by atoms with E-state index in [1.54, 1.807) is 73.1 Å². The fourth-order valence-electron chi connectivity index (χ4n) is 6.88. The third-order valence-electron chi connectivity index (χ3n) is 9.75. The van der Waals surface area contributed by atoms with E-state index >= 15 is 0 Å². The molecule has 2 aliphatic rings. The Bertz CT molecular complexity index is 2310. The molecule has 0 aliphatic heterocycles. The SMILES string of the molecule is COC(=O)Nc1ccc(C(=O)COC(=O)C2CCCc3cc(-c4cc(Cl)ccc4N)cnc32)cc1.Nc1ccc(Cl)cc1-c1cnc2c(c1)CCCC2C(=O)[O-].[Li+]. The van der Waals surface area contributed by atoms with E-state index in [1.165, 1.54) is 7.11 Å². The van der Waals surface area contributed by atoms with Gasteiger partial charge in [0.25, 0.3) is 0 Å². The Kier molecular flexibility index (Phi) is 14.4. The summed E-state index contributed by atoms with van der Waals surface area (Å²) in [7, 11) is 1.26. The summed E-state index contributed by atoms with van der Waals surface area (Å²) in [6.07, 6.45) is 7.13. The number of anilines is 3. The van der Waals surface area contributed by atoms with Crippen LogP contribution in [-0.4, -0.2) is 47.5 Å². The topological polar surface area (TPSA) is 200 Å². The second kappa shape index (κ2) is 19.2. The zero-order valence-corrected chi connectivity index (χ0v) is 32.9. The van der Waals surface area contributed by atoms with Crippen LogP contribution in [0.5, 0.6) is 0 Å². The number of ketones is 1. The Labute approximate surface area is 351 Å². The third kappa shape index (κ3) is 10.3. The molecule has 0 fully saturated rings. The van der Waals surface area contributed by atoms with Gasteiger partial charge in [-0.3, -0.25) is 24.9 Å². The average molecular weight is 803 g/mol. The number of carbonyl (C=O) groups is 4. The number of aromatic nitrogens is 2. The van der Waals surface area contributed by atoms with E-state index in [4.69, 9.17) is 39.4 Å². The fourth-order valence-corrected chi connectivity index (χ4v) is 7.22. The molecule has 0 spiro atoms. The van der Waals surface area contributed by atoms with Crippen LogP contribution in [0.4, 0.5) is 21.9 Å². The molecule has 2 unspecified atom stereocenters. The van der Waals surface area contributed by atoms with E-state index in [0.717, 1.165) is 59.1 Å². The van der Waals surface area contributed by atoms with Gasteiger partial charge < -0.3 is 30.8 Å². The number of amides is 1. The summed E-state index contributed by atoms with van der Waals surface area (Å²) in [4.78, 5) is 56.7. The third-order valence-corrected chi connectivity index (χ3v) is 10.2. The predicted molar refractivity (Wildman–Crippen MR) is 212 cm³/mol. The van der Waals surface area contributed by atoms with Crippen LogP contribution in [0, 0.1) is 0 Å². The second-order valence-electron chi connectivity index (χ2n) is 13.4. The van der Waals surface area contributed by atoms with Crippen LogP contribution in [0.1, 0.15) is 70.4 Å². The van der Waals surface area contributed by atoms with Gasteiger partial charge in [-0.05, 0) is 122 Å². The quantitative estimate of drug-likeness (QED) is 0.0881. The first-order valence-electron chi connectivity index (χ1n) is 17.9. The number of halogens is 2. The van der Waals surface area contributed by atoms with Crippen molar-refractivity contribution in [2.45, 2.75) is 50.4 Å². The number of hydrogen-bond donors (Lipinski definition) is 3. The fraction of sp³-hybridized carbons (Fsp3) is 0.238. The van der Waals surface area contributed by atoms with Crippen LogP contribution in [0.15, 0.2) is 85.2 Å². The van der Waals surface area contributed by atoms with Gasteiger partial charge in [-0.15, -0.1) is 0 Å². The number of methoxy groups -OCH3 is 1. The van der Waals surface area contributed by atoms with Crippen molar-refractivity contribution in [1.29, 1.82) is 0 Å². The summed E-state index contributed by atoms with van der Waals surface area (Å²) in [5.41, 5.74) is 20.6. The number of aryl methyl sites for hydroxylation is 2. The molecular weight excluding hydrogens is 764 g/mol. The van der Waals surface area contributed by atoms with Crippen molar-refractivity contribution in [3.05, 3.63) is 123 Å². The molecule has 288 valence electrons. The number of nitrogens with two attached hydrogens (primary N) is 2. The number of nitrogens with one attached hydrogen (secondary N) is 1. The van der Waals surface area contributed by atoms with Crippen molar-refractivity contribution in [2.75, 3.05) is 30.5 Å². The summed E-state index contributed by atoms with van der Waals surface area (Å²) in [6, 6.07) is 20.7. The van der Waals surface area contributed by atoms with Gasteiger partial charge in [0.1, 0.15) is 0 Å². The van der Waals surface area contributed by atoms with E-state index in [1.807, 2.05) is 12.1 Å². The van der Waals surface area contributed by atoms with E-state index in [-0.39, 0.29) is 31.3 Å². The van der Waals surface area contributed by atoms with Gasteiger partial charge in [0.15, 0.2) is 12.4 Å². The molecule has 2 aliphatic carbocycles. The molecule has 0 bridgehead atoms.